The third kappa shape index (κ3) is 5.41. The second kappa shape index (κ2) is 7.53. The smallest absolute Gasteiger partial charge is 0.363 e. The van der Waals surface area contributed by atoms with Gasteiger partial charge in [-0.3, -0.25) is 0 Å². The molecule has 0 fully saturated rings. The monoisotopic (exact) mass is 288 g/mol. The fraction of sp³-hybridized carbons (Fsp3) is 0.600. The summed E-state index contributed by atoms with van der Waals surface area (Å²) in [5.74, 6) is 0. The van der Waals surface area contributed by atoms with Gasteiger partial charge in [0.2, 0.25) is 0 Å². The Balaban J connectivity index is 2.73. The van der Waals surface area contributed by atoms with Crippen LogP contribution < -0.4 is 10.2 Å². The van der Waals surface area contributed by atoms with Gasteiger partial charge < -0.3 is 10.2 Å². The van der Waals surface area contributed by atoms with Crippen molar-refractivity contribution in [3.8, 4) is 0 Å². The maximum Gasteiger partial charge on any atom is 0.405 e. The van der Waals surface area contributed by atoms with Gasteiger partial charge in [-0.15, -0.1) is 0 Å². The molecule has 0 aliphatic heterocycles. The zero-order valence-corrected chi connectivity index (χ0v) is 12.3. The molecule has 0 aromatic heterocycles. The molecule has 1 unspecified atom stereocenters. The summed E-state index contributed by atoms with van der Waals surface area (Å²) in [6.45, 7) is 6.23. The Morgan fingerprint density at radius 1 is 1.15 bits per heavy atom. The van der Waals surface area contributed by atoms with Crippen LogP contribution in [-0.4, -0.2) is 25.8 Å². The van der Waals surface area contributed by atoms with E-state index in [1.165, 1.54) is 4.90 Å². The van der Waals surface area contributed by atoms with Crippen LogP contribution in [0.4, 0.5) is 18.9 Å². The second-order valence-electron chi connectivity index (χ2n) is 4.90. The number of benzene rings is 1. The Bertz CT molecular complexity index is 387. The highest BCUT2D eigenvalue weighted by Crippen LogP contribution is 2.23. The van der Waals surface area contributed by atoms with Gasteiger partial charge in [-0.05, 0) is 44.5 Å². The van der Waals surface area contributed by atoms with Gasteiger partial charge in [-0.2, -0.15) is 13.2 Å². The van der Waals surface area contributed by atoms with Crippen LogP contribution in [0, 0.1) is 0 Å². The molecule has 20 heavy (non-hydrogen) atoms. The predicted molar refractivity (Wildman–Crippen MR) is 77.1 cm³/mol. The number of nitrogens with one attached hydrogen (secondary N) is 1. The number of halogens is 3. The summed E-state index contributed by atoms with van der Waals surface area (Å²) in [6.07, 6.45) is -3.12. The molecule has 2 nitrogen and oxygen atoms in total. The van der Waals surface area contributed by atoms with Crippen molar-refractivity contribution in [1.82, 2.24) is 5.32 Å². The van der Waals surface area contributed by atoms with Gasteiger partial charge in [-0.25, -0.2) is 0 Å². The van der Waals surface area contributed by atoms with Gasteiger partial charge in [0, 0.05) is 18.3 Å². The summed E-state index contributed by atoms with van der Waals surface area (Å²) in [7, 11) is 0. The summed E-state index contributed by atoms with van der Waals surface area (Å²) >= 11 is 0. The van der Waals surface area contributed by atoms with E-state index in [-0.39, 0.29) is 6.04 Å². The van der Waals surface area contributed by atoms with Crippen molar-refractivity contribution in [3.63, 3.8) is 0 Å². The Morgan fingerprint density at radius 3 is 2.20 bits per heavy atom. The van der Waals surface area contributed by atoms with E-state index in [0.717, 1.165) is 18.5 Å². The van der Waals surface area contributed by atoms with Crippen molar-refractivity contribution in [2.24, 2.45) is 0 Å². The maximum atomic E-state index is 12.5. The minimum Gasteiger partial charge on any atom is -0.363 e. The number of hydrogen-bond acceptors (Lipinski definition) is 2. The van der Waals surface area contributed by atoms with Crippen LogP contribution in [0.1, 0.15) is 38.8 Å². The third-order valence-electron chi connectivity index (χ3n) is 3.21. The van der Waals surface area contributed by atoms with Crippen LogP contribution in [-0.2, 0) is 0 Å². The highest BCUT2D eigenvalue weighted by molar-refractivity contribution is 5.48. The molecular formula is C15H23F3N2. The first kappa shape index (κ1) is 16.8. The van der Waals surface area contributed by atoms with Gasteiger partial charge >= 0.3 is 6.18 Å². The normalized spacial score (nSPS) is 13.3. The van der Waals surface area contributed by atoms with E-state index >= 15 is 0 Å². The molecule has 0 aliphatic carbocycles. The molecule has 0 radical (unpaired) electrons. The van der Waals surface area contributed by atoms with E-state index < -0.39 is 12.7 Å². The summed E-state index contributed by atoms with van der Waals surface area (Å²) < 4.78 is 37.4. The van der Waals surface area contributed by atoms with E-state index in [1.807, 2.05) is 12.1 Å². The van der Waals surface area contributed by atoms with Crippen molar-refractivity contribution in [3.05, 3.63) is 29.8 Å². The Labute approximate surface area is 119 Å². The number of alkyl halides is 3. The molecule has 0 saturated carbocycles. The molecule has 0 spiro atoms. The molecule has 1 aromatic carbocycles. The van der Waals surface area contributed by atoms with E-state index in [1.54, 1.807) is 19.1 Å². The molecule has 5 heteroatoms. The first-order chi connectivity index (χ1) is 9.37. The fourth-order valence-corrected chi connectivity index (χ4v) is 2.05. The molecule has 0 amide bonds. The molecular weight excluding hydrogens is 265 g/mol. The van der Waals surface area contributed by atoms with Crippen LogP contribution in [0.5, 0.6) is 0 Å². The molecule has 0 aliphatic rings. The molecule has 0 saturated heterocycles. The fourth-order valence-electron chi connectivity index (χ4n) is 2.05. The van der Waals surface area contributed by atoms with Crippen LogP contribution in [0.25, 0.3) is 0 Å². The van der Waals surface area contributed by atoms with Crippen molar-refractivity contribution < 1.29 is 13.2 Å². The highest BCUT2D eigenvalue weighted by atomic mass is 19.4. The summed E-state index contributed by atoms with van der Waals surface area (Å²) in [6, 6.07) is 7.51. The standard InChI is InChI=1S/C15H23F3N2/c1-4-10-19-12(3)13-6-8-14(9-7-13)20(5-2)11-15(16,17)18/h6-9,12,19H,4-5,10-11H2,1-3H3. The quantitative estimate of drug-likeness (QED) is 0.811. The maximum absolute atomic E-state index is 12.5. The van der Waals surface area contributed by atoms with Crippen LogP contribution in [0.15, 0.2) is 24.3 Å². The Kier molecular flexibility index (Phi) is 6.33. The van der Waals surface area contributed by atoms with Crippen molar-refractivity contribution >= 4 is 5.69 Å². The summed E-state index contributed by atoms with van der Waals surface area (Å²) in [4.78, 5) is 1.33. The zero-order valence-electron chi connectivity index (χ0n) is 12.3. The van der Waals surface area contributed by atoms with Crippen molar-refractivity contribution in [2.45, 2.75) is 39.4 Å². The Morgan fingerprint density at radius 2 is 1.75 bits per heavy atom. The van der Waals surface area contributed by atoms with Crippen LogP contribution in [0.2, 0.25) is 0 Å². The predicted octanol–water partition coefficient (Wildman–Crippen LogP) is 4.14. The average molecular weight is 288 g/mol. The lowest BCUT2D eigenvalue weighted by Crippen LogP contribution is -2.34. The lowest BCUT2D eigenvalue weighted by atomic mass is 10.1. The topological polar surface area (TPSA) is 15.3 Å². The van der Waals surface area contributed by atoms with Gasteiger partial charge in [0.1, 0.15) is 6.54 Å². The van der Waals surface area contributed by atoms with E-state index in [4.69, 9.17) is 0 Å². The van der Waals surface area contributed by atoms with Gasteiger partial charge in [0.15, 0.2) is 0 Å². The largest absolute Gasteiger partial charge is 0.405 e. The van der Waals surface area contributed by atoms with Crippen LogP contribution in [0.3, 0.4) is 0 Å². The number of hydrogen-bond donors (Lipinski definition) is 1. The van der Waals surface area contributed by atoms with Crippen LogP contribution >= 0.6 is 0 Å². The Hall–Kier alpha value is -1.23. The van der Waals surface area contributed by atoms with Gasteiger partial charge in [0.25, 0.3) is 0 Å². The number of nitrogens with zero attached hydrogens (tertiary/aromatic N) is 1. The molecule has 1 N–H and O–H groups in total. The molecule has 0 bridgehead atoms. The highest BCUT2D eigenvalue weighted by Gasteiger charge is 2.30. The first-order valence-electron chi connectivity index (χ1n) is 7.02. The molecule has 1 atom stereocenters. The minimum atomic E-state index is -4.18. The number of rotatable bonds is 7. The second-order valence-corrected chi connectivity index (χ2v) is 4.90. The van der Waals surface area contributed by atoms with E-state index in [0.29, 0.717) is 12.2 Å². The van der Waals surface area contributed by atoms with Crippen molar-refractivity contribution in [2.75, 3.05) is 24.5 Å². The summed E-state index contributed by atoms with van der Waals surface area (Å²) in [5.41, 5.74) is 1.70. The SMILES string of the molecule is CCCNC(C)c1ccc(N(CC)CC(F)(F)F)cc1. The van der Waals surface area contributed by atoms with Gasteiger partial charge in [0.05, 0.1) is 0 Å². The van der Waals surface area contributed by atoms with E-state index in [9.17, 15) is 13.2 Å². The molecule has 114 valence electrons. The van der Waals surface area contributed by atoms with Crippen molar-refractivity contribution in [1.29, 1.82) is 0 Å². The summed E-state index contributed by atoms with van der Waals surface area (Å²) in [5, 5.41) is 3.36. The lowest BCUT2D eigenvalue weighted by Gasteiger charge is -2.25. The third-order valence-corrected chi connectivity index (χ3v) is 3.21. The molecule has 1 rings (SSSR count). The minimum absolute atomic E-state index is 0.210. The lowest BCUT2D eigenvalue weighted by molar-refractivity contribution is -0.119. The zero-order chi connectivity index (χ0) is 15.2. The molecule has 0 heterocycles. The average Bonchev–Trinajstić information content (AvgIpc) is 2.41. The first-order valence-corrected chi connectivity index (χ1v) is 7.02. The number of anilines is 1. The van der Waals surface area contributed by atoms with Gasteiger partial charge in [-0.1, -0.05) is 19.1 Å². The molecule has 1 aromatic rings. The van der Waals surface area contributed by atoms with E-state index in [2.05, 4.69) is 19.2 Å².